The number of hydrogen-bond donors (Lipinski definition) is 0. The van der Waals surface area contributed by atoms with Crippen molar-refractivity contribution in [1.29, 1.82) is 0 Å². The van der Waals surface area contributed by atoms with Crippen molar-refractivity contribution in [1.82, 2.24) is 0 Å². The van der Waals surface area contributed by atoms with Crippen molar-refractivity contribution >= 4 is 6.47 Å². The fraction of sp³-hybridized carbons (Fsp3) is 0.857. The molecule has 0 radical (unpaired) electrons. The summed E-state index contributed by atoms with van der Waals surface area (Å²) in [4.78, 5) is 8.25. The zero-order valence-electron chi connectivity index (χ0n) is 7.26. The predicted molar refractivity (Wildman–Crippen MR) is 39.3 cm³/mol. The van der Waals surface area contributed by atoms with Gasteiger partial charge in [0.2, 0.25) is 0 Å². The Hall–Kier alpha value is -0.570. The zero-order chi connectivity index (χ0) is 8.62. The summed E-state index contributed by atoms with van der Waals surface area (Å²) in [5.41, 5.74) is 0. The Bertz CT molecular complexity index is 75.7. The number of hydrogen-bond acceptors (Lipinski definition) is 2. The first-order valence-corrected chi connectivity index (χ1v) is 3.41. The van der Waals surface area contributed by atoms with E-state index >= 15 is 0 Å². The molecule has 3 heteroatoms. The average Bonchev–Trinajstić information content (AvgIpc) is 1.90. The summed E-state index contributed by atoms with van der Waals surface area (Å²) in [6.07, 6.45) is 0. The number of quaternary nitrogens is 1. The predicted octanol–water partition coefficient (Wildman–Crippen LogP) is -0.531. The summed E-state index contributed by atoms with van der Waals surface area (Å²) in [6.45, 7) is 6.39. The van der Waals surface area contributed by atoms with E-state index in [4.69, 9.17) is 9.90 Å². The quantitative estimate of drug-likeness (QED) is 0.389. The third-order valence-corrected chi connectivity index (χ3v) is 1.71. The highest BCUT2D eigenvalue weighted by Crippen LogP contribution is 1.91. The number of carboxylic acid groups (broad SMARTS) is 1. The molecule has 0 spiro atoms. The van der Waals surface area contributed by atoms with Crippen LogP contribution in [-0.2, 0) is 4.79 Å². The first kappa shape index (κ1) is 12.1. The van der Waals surface area contributed by atoms with Gasteiger partial charge < -0.3 is 14.4 Å². The topological polar surface area (TPSA) is 40.1 Å². The Kier molecular flexibility index (Phi) is 7.95. The SMILES string of the molecule is CC[N+](C)(C)CC.O=C[O-]. The van der Waals surface area contributed by atoms with Crippen LogP contribution in [0, 0.1) is 0 Å². The van der Waals surface area contributed by atoms with Crippen LogP contribution in [0.5, 0.6) is 0 Å². The largest absolute Gasteiger partial charge is 0.554 e. The van der Waals surface area contributed by atoms with Crippen molar-refractivity contribution in [2.45, 2.75) is 13.8 Å². The van der Waals surface area contributed by atoms with Crippen molar-refractivity contribution in [3.63, 3.8) is 0 Å². The lowest BCUT2D eigenvalue weighted by molar-refractivity contribution is -0.886. The van der Waals surface area contributed by atoms with Crippen LogP contribution in [0.2, 0.25) is 0 Å². The molecule has 0 saturated heterocycles. The Morgan fingerprint density at radius 2 is 1.50 bits per heavy atom. The highest BCUT2D eigenvalue weighted by atomic mass is 16.3. The molecule has 0 rings (SSSR count). The molecule has 0 saturated carbocycles. The van der Waals surface area contributed by atoms with E-state index in [-0.39, 0.29) is 0 Å². The van der Waals surface area contributed by atoms with Crippen LogP contribution in [0.25, 0.3) is 0 Å². The maximum atomic E-state index is 8.25. The molecule has 0 N–H and O–H groups in total. The Morgan fingerprint density at radius 3 is 1.50 bits per heavy atom. The molecular weight excluding hydrogens is 130 g/mol. The molecule has 0 atom stereocenters. The van der Waals surface area contributed by atoms with Crippen molar-refractivity contribution in [2.75, 3.05) is 27.2 Å². The molecule has 0 aliphatic carbocycles. The van der Waals surface area contributed by atoms with E-state index in [1.165, 1.54) is 13.1 Å². The Labute approximate surface area is 62.9 Å². The molecule has 0 heterocycles. The van der Waals surface area contributed by atoms with Gasteiger partial charge in [0, 0.05) is 6.47 Å². The molecule has 0 amide bonds. The first-order chi connectivity index (χ1) is 4.54. The second-order valence-electron chi connectivity index (χ2n) is 2.66. The van der Waals surface area contributed by atoms with Crippen LogP contribution in [-0.4, -0.2) is 38.1 Å². The molecule has 0 aromatic carbocycles. The van der Waals surface area contributed by atoms with Crippen LogP contribution in [0.15, 0.2) is 0 Å². The van der Waals surface area contributed by atoms with Crippen LogP contribution in [0.4, 0.5) is 0 Å². The second-order valence-corrected chi connectivity index (χ2v) is 2.66. The fourth-order valence-corrected chi connectivity index (χ4v) is 0.224. The summed E-state index contributed by atoms with van der Waals surface area (Å²) in [5.74, 6) is 0. The van der Waals surface area contributed by atoms with Gasteiger partial charge in [-0.15, -0.1) is 0 Å². The Balaban J connectivity index is 0. The molecule has 0 aliphatic heterocycles. The van der Waals surface area contributed by atoms with Gasteiger partial charge in [0.25, 0.3) is 0 Å². The van der Waals surface area contributed by atoms with Crippen molar-refractivity contribution in [2.24, 2.45) is 0 Å². The van der Waals surface area contributed by atoms with Gasteiger partial charge in [0.15, 0.2) is 0 Å². The lowest BCUT2D eigenvalue weighted by atomic mass is 10.5. The van der Waals surface area contributed by atoms with Gasteiger partial charge in [-0.2, -0.15) is 0 Å². The minimum atomic E-state index is -0.500. The van der Waals surface area contributed by atoms with E-state index in [9.17, 15) is 0 Å². The summed E-state index contributed by atoms with van der Waals surface area (Å²) in [5, 5.41) is 8.25. The maximum absolute atomic E-state index is 8.25. The van der Waals surface area contributed by atoms with Crippen LogP contribution in [0.3, 0.4) is 0 Å². The lowest BCUT2D eigenvalue weighted by Gasteiger charge is -2.25. The highest BCUT2D eigenvalue weighted by Gasteiger charge is 2.04. The van der Waals surface area contributed by atoms with E-state index in [2.05, 4.69) is 27.9 Å². The second kappa shape index (κ2) is 6.55. The van der Waals surface area contributed by atoms with Crippen LogP contribution in [0.1, 0.15) is 13.8 Å². The maximum Gasteiger partial charge on any atom is 0.0753 e. The molecule has 62 valence electrons. The molecule has 0 bridgehead atoms. The van der Waals surface area contributed by atoms with Gasteiger partial charge in [-0.25, -0.2) is 0 Å². The normalized spacial score (nSPS) is 9.60. The van der Waals surface area contributed by atoms with Crippen molar-refractivity contribution < 1.29 is 14.4 Å². The zero-order valence-corrected chi connectivity index (χ0v) is 7.26. The van der Waals surface area contributed by atoms with Crippen molar-refractivity contribution in [3.05, 3.63) is 0 Å². The Morgan fingerprint density at radius 1 is 1.30 bits per heavy atom. The monoisotopic (exact) mass is 147 g/mol. The molecule has 0 aliphatic rings. The van der Waals surface area contributed by atoms with E-state index in [0.717, 1.165) is 4.48 Å². The molecule has 10 heavy (non-hydrogen) atoms. The fourth-order valence-electron chi connectivity index (χ4n) is 0.224. The van der Waals surface area contributed by atoms with E-state index in [0.29, 0.717) is 0 Å². The third-order valence-electron chi connectivity index (χ3n) is 1.71. The third kappa shape index (κ3) is 10.4. The minimum absolute atomic E-state index is 0.500. The average molecular weight is 147 g/mol. The van der Waals surface area contributed by atoms with E-state index in [1.54, 1.807) is 0 Å². The molecule has 0 aromatic rings. The van der Waals surface area contributed by atoms with Crippen LogP contribution >= 0.6 is 0 Å². The summed E-state index contributed by atoms with van der Waals surface area (Å²) < 4.78 is 1.14. The van der Waals surface area contributed by atoms with E-state index in [1.807, 2.05) is 0 Å². The van der Waals surface area contributed by atoms with Crippen molar-refractivity contribution in [3.8, 4) is 0 Å². The summed E-state index contributed by atoms with van der Waals surface area (Å²) in [6, 6.07) is 0. The summed E-state index contributed by atoms with van der Waals surface area (Å²) >= 11 is 0. The van der Waals surface area contributed by atoms with Gasteiger partial charge in [-0.3, -0.25) is 0 Å². The smallest absolute Gasteiger partial charge is 0.0753 e. The molecule has 0 fully saturated rings. The molecule has 3 nitrogen and oxygen atoms in total. The molecule has 0 aromatic heterocycles. The summed E-state index contributed by atoms with van der Waals surface area (Å²) in [7, 11) is 4.47. The lowest BCUT2D eigenvalue weighted by Crippen LogP contribution is -2.38. The van der Waals surface area contributed by atoms with Gasteiger partial charge in [-0.1, -0.05) is 0 Å². The van der Waals surface area contributed by atoms with Crippen LogP contribution < -0.4 is 5.11 Å². The number of carbonyl (C=O) groups is 1. The first-order valence-electron chi connectivity index (χ1n) is 3.41. The number of nitrogens with zero attached hydrogens (tertiary/aromatic N) is 1. The van der Waals surface area contributed by atoms with Gasteiger partial charge in [-0.05, 0) is 13.8 Å². The molecule has 0 unspecified atom stereocenters. The molecular formula is C7H17NO2. The highest BCUT2D eigenvalue weighted by molar-refractivity contribution is 5.29. The minimum Gasteiger partial charge on any atom is -0.554 e. The standard InChI is InChI=1S/C6H16N.CH2O2/c1-5-7(3,4)6-2;2-1-3/h5-6H2,1-4H3;1H,(H,2,3)/q+1;/p-1. The van der Waals surface area contributed by atoms with Gasteiger partial charge >= 0.3 is 0 Å². The number of carbonyl (C=O) groups excluding carboxylic acids is 1. The number of rotatable bonds is 2. The van der Waals surface area contributed by atoms with Gasteiger partial charge in [0.05, 0.1) is 27.2 Å². The van der Waals surface area contributed by atoms with E-state index < -0.39 is 6.47 Å². The van der Waals surface area contributed by atoms with Gasteiger partial charge in [0.1, 0.15) is 0 Å².